The maximum Gasteiger partial charge on any atom is 0.178 e. The van der Waals surface area contributed by atoms with Crippen molar-refractivity contribution in [2.45, 2.75) is 11.3 Å². The van der Waals surface area contributed by atoms with Crippen LogP contribution in [-0.4, -0.2) is 14.2 Å². The molecule has 1 aliphatic heterocycles. The molecule has 0 amide bonds. The van der Waals surface area contributed by atoms with Gasteiger partial charge in [0.2, 0.25) is 0 Å². The molecule has 0 unspecified atom stereocenters. The number of hydrogen-bond donors (Lipinski definition) is 0. The van der Waals surface area contributed by atoms with E-state index < -0.39 is 9.84 Å². The first-order chi connectivity index (χ1) is 6.63. The summed E-state index contributed by atoms with van der Waals surface area (Å²) in [5.41, 5.74) is 9.36. The van der Waals surface area contributed by atoms with Crippen molar-refractivity contribution in [2.75, 3.05) is 5.75 Å². The average Bonchev–Trinajstić information content (AvgIpc) is 2.44. The summed E-state index contributed by atoms with van der Waals surface area (Å²) < 4.78 is 22.9. The fourth-order valence-corrected chi connectivity index (χ4v) is 3.09. The molecule has 2 rings (SSSR count). The second-order valence-electron chi connectivity index (χ2n) is 3.05. The molecule has 14 heavy (non-hydrogen) atoms. The molecule has 1 aliphatic rings. The predicted molar refractivity (Wildman–Crippen MR) is 51.0 cm³/mol. The normalized spacial score (nSPS) is 17.1. The molecule has 6 heteroatoms. The standard InChI is InChI=1S/C8H7N3O2S/c9-11-10-7-2-1-6-3-4-14(12,13)8(6)5-7/h1-2,5H,3-4H2. The zero-order valence-corrected chi connectivity index (χ0v) is 8.03. The van der Waals surface area contributed by atoms with Crippen LogP contribution in [-0.2, 0) is 16.3 Å². The van der Waals surface area contributed by atoms with Crippen molar-refractivity contribution < 1.29 is 8.42 Å². The zero-order chi connectivity index (χ0) is 10.2. The van der Waals surface area contributed by atoms with E-state index in [1.165, 1.54) is 6.07 Å². The fraction of sp³-hybridized carbons (Fsp3) is 0.250. The molecule has 1 aromatic rings. The molecule has 1 aromatic carbocycles. The number of benzene rings is 1. The molecule has 0 saturated carbocycles. The summed E-state index contributed by atoms with van der Waals surface area (Å²) in [6.07, 6.45) is 0.550. The molecule has 0 saturated heterocycles. The topological polar surface area (TPSA) is 82.9 Å². The Hall–Kier alpha value is -1.52. The Balaban J connectivity index is 2.65. The lowest BCUT2D eigenvalue weighted by Gasteiger charge is -1.98. The Bertz CT molecular complexity index is 530. The van der Waals surface area contributed by atoms with E-state index in [1.807, 2.05) is 0 Å². The highest BCUT2D eigenvalue weighted by Gasteiger charge is 2.25. The minimum Gasteiger partial charge on any atom is -0.224 e. The Morgan fingerprint density at radius 1 is 1.43 bits per heavy atom. The van der Waals surface area contributed by atoms with E-state index in [9.17, 15) is 8.42 Å². The SMILES string of the molecule is [N-]=[N+]=Nc1ccc2c(c1)S(=O)(=O)CC2. The van der Waals surface area contributed by atoms with Gasteiger partial charge in [0, 0.05) is 10.6 Å². The Morgan fingerprint density at radius 3 is 2.93 bits per heavy atom. The molecule has 0 aliphatic carbocycles. The van der Waals surface area contributed by atoms with Gasteiger partial charge in [-0.15, -0.1) is 0 Å². The van der Waals surface area contributed by atoms with Gasteiger partial charge in [-0.1, -0.05) is 17.2 Å². The predicted octanol–water partition coefficient (Wildman–Crippen LogP) is 1.96. The molecule has 0 N–H and O–H groups in total. The molecule has 0 bridgehead atoms. The van der Waals surface area contributed by atoms with E-state index >= 15 is 0 Å². The van der Waals surface area contributed by atoms with Gasteiger partial charge >= 0.3 is 0 Å². The van der Waals surface area contributed by atoms with E-state index in [0.717, 1.165) is 5.56 Å². The highest BCUT2D eigenvalue weighted by atomic mass is 32.2. The van der Waals surface area contributed by atoms with Crippen molar-refractivity contribution in [2.24, 2.45) is 5.11 Å². The van der Waals surface area contributed by atoms with Gasteiger partial charge in [0.15, 0.2) is 9.84 Å². The summed E-state index contributed by atoms with van der Waals surface area (Å²) in [6.45, 7) is 0. The van der Waals surface area contributed by atoms with Gasteiger partial charge in [-0.3, -0.25) is 0 Å². The van der Waals surface area contributed by atoms with Crippen LogP contribution in [0.5, 0.6) is 0 Å². The highest BCUT2D eigenvalue weighted by Crippen LogP contribution is 2.29. The van der Waals surface area contributed by atoms with E-state index in [2.05, 4.69) is 10.0 Å². The third-order valence-electron chi connectivity index (χ3n) is 2.19. The van der Waals surface area contributed by atoms with Crippen LogP contribution in [0.4, 0.5) is 5.69 Å². The maximum absolute atomic E-state index is 11.5. The molecule has 0 spiro atoms. The Labute approximate surface area is 80.9 Å². The summed E-state index contributed by atoms with van der Waals surface area (Å²) in [5.74, 6) is 0.155. The Morgan fingerprint density at radius 2 is 2.21 bits per heavy atom. The van der Waals surface area contributed by atoms with Crippen molar-refractivity contribution >= 4 is 15.5 Å². The number of hydrogen-bond acceptors (Lipinski definition) is 3. The monoisotopic (exact) mass is 209 g/mol. The van der Waals surface area contributed by atoms with Gasteiger partial charge < -0.3 is 0 Å². The second-order valence-corrected chi connectivity index (χ2v) is 5.13. The third-order valence-corrected chi connectivity index (χ3v) is 3.98. The first-order valence-corrected chi connectivity index (χ1v) is 5.69. The smallest absolute Gasteiger partial charge is 0.178 e. The van der Waals surface area contributed by atoms with Crippen LogP contribution in [0.2, 0.25) is 0 Å². The van der Waals surface area contributed by atoms with Crippen molar-refractivity contribution in [3.05, 3.63) is 34.2 Å². The number of azide groups is 1. The Kier molecular flexibility index (Phi) is 1.94. The molecule has 0 aromatic heterocycles. The van der Waals surface area contributed by atoms with Gasteiger partial charge in [-0.25, -0.2) is 8.42 Å². The second kappa shape index (κ2) is 3.01. The number of nitrogens with zero attached hydrogens (tertiary/aromatic N) is 3. The molecule has 72 valence electrons. The average molecular weight is 209 g/mol. The van der Waals surface area contributed by atoms with Gasteiger partial charge in [0.05, 0.1) is 10.6 Å². The summed E-state index contributed by atoms with van der Waals surface area (Å²) in [5, 5.41) is 3.37. The highest BCUT2D eigenvalue weighted by molar-refractivity contribution is 7.91. The molecule has 0 atom stereocenters. The van der Waals surface area contributed by atoms with Crippen LogP contribution in [0.15, 0.2) is 28.2 Å². The molecular formula is C8H7N3O2S. The van der Waals surface area contributed by atoms with Crippen LogP contribution < -0.4 is 0 Å². The van der Waals surface area contributed by atoms with Crippen LogP contribution in [0.25, 0.3) is 10.4 Å². The summed E-state index contributed by atoms with van der Waals surface area (Å²) in [7, 11) is -3.13. The fourth-order valence-electron chi connectivity index (χ4n) is 1.51. The van der Waals surface area contributed by atoms with Gasteiger partial charge in [0.1, 0.15) is 0 Å². The van der Waals surface area contributed by atoms with Crippen LogP contribution in [0, 0.1) is 0 Å². The van der Waals surface area contributed by atoms with E-state index in [1.54, 1.807) is 12.1 Å². The van der Waals surface area contributed by atoms with E-state index in [0.29, 0.717) is 17.0 Å². The number of sulfone groups is 1. The number of fused-ring (bicyclic) bond motifs is 1. The third kappa shape index (κ3) is 1.34. The summed E-state index contributed by atoms with van der Waals surface area (Å²) in [6, 6.07) is 4.75. The van der Waals surface area contributed by atoms with Gasteiger partial charge in [-0.2, -0.15) is 0 Å². The largest absolute Gasteiger partial charge is 0.224 e. The summed E-state index contributed by atoms with van der Waals surface area (Å²) in [4.78, 5) is 2.92. The van der Waals surface area contributed by atoms with Gasteiger partial charge in [0.25, 0.3) is 0 Å². The number of aryl methyl sites for hydroxylation is 1. The van der Waals surface area contributed by atoms with Crippen molar-refractivity contribution in [3.8, 4) is 0 Å². The van der Waals surface area contributed by atoms with Crippen molar-refractivity contribution in [1.29, 1.82) is 0 Å². The summed E-state index contributed by atoms with van der Waals surface area (Å²) >= 11 is 0. The minimum absolute atomic E-state index is 0.155. The molecule has 1 heterocycles. The first-order valence-electron chi connectivity index (χ1n) is 4.04. The first kappa shape index (κ1) is 9.05. The molecular weight excluding hydrogens is 202 g/mol. The van der Waals surface area contributed by atoms with Crippen molar-refractivity contribution in [3.63, 3.8) is 0 Å². The zero-order valence-electron chi connectivity index (χ0n) is 7.21. The lowest BCUT2D eigenvalue weighted by molar-refractivity contribution is 0.600. The lowest BCUT2D eigenvalue weighted by atomic mass is 10.2. The van der Waals surface area contributed by atoms with E-state index in [4.69, 9.17) is 5.53 Å². The van der Waals surface area contributed by atoms with E-state index in [-0.39, 0.29) is 5.75 Å². The van der Waals surface area contributed by atoms with Crippen LogP contribution >= 0.6 is 0 Å². The van der Waals surface area contributed by atoms with Crippen LogP contribution in [0.3, 0.4) is 0 Å². The lowest BCUT2D eigenvalue weighted by Crippen LogP contribution is -1.98. The molecule has 0 fully saturated rings. The molecule has 0 radical (unpaired) electrons. The maximum atomic E-state index is 11.5. The van der Waals surface area contributed by atoms with Crippen LogP contribution in [0.1, 0.15) is 5.56 Å². The molecule has 5 nitrogen and oxygen atoms in total. The van der Waals surface area contributed by atoms with Gasteiger partial charge in [-0.05, 0) is 23.6 Å². The number of rotatable bonds is 1. The minimum atomic E-state index is -3.13. The van der Waals surface area contributed by atoms with Crippen molar-refractivity contribution in [1.82, 2.24) is 0 Å². The quantitative estimate of drug-likeness (QED) is 0.402.